The molecule has 0 amide bonds. The second-order valence-electron chi connectivity index (χ2n) is 19.2. The second kappa shape index (κ2) is 46.3. The van der Waals surface area contributed by atoms with Gasteiger partial charge in [0.1, 0.15) is 26.4 Å². The highest BCUT2D eigenvalue weighted by Crippen LogP contribution is 2.21. The van der Waals surface area contributed by atoms with E-state index in [1.54, 1.807) is 77.0 Å². The lowest BCUT2D eigenvalue weighted by Crippen LogP contribution is -2.14. The van der Waals surface area contributed by atoms with Crippen molar-refractivity contribution in [3.8, 4) is 35.5 Å². The Balaban J connectivity index is 1.47. The molecule has 0 radical (unpaired) electrons. The standard InChI is InChI=1S/C69H78N2O22/c1-78-18-22-82-26-30-86-34-38-90-66(72)60-7-5-6-53(44-60)8-9-55-42-56(46-61(45-55)67(73)91-39-35-87-31-27-83-23-19-79-2)10-11-57-43-58(48-62(47-57)68(74)92-40-36-88-32-28-84-24-20-80-3)12-13-59-49-63(69(75)93-41-37-89-33-29-85-25-21-81-4)51-64(50-59)70-52-54-14-16-65(17-15-54)71(76)77/h5-7,14-17,42-52H,18-41H2,1-4H3. The predicted octanol–water partition coefficient (Wildman–Crippen LogP) is 6.89. The molecule has 0 N–H and O–H groups in total. The molecule has 0 aromatic heterocycles. The molecule has 0 aliphatic heterocycles. The lowest BCUT2D eigenvalue weighted by atomic mass is 10.0. The van der Waals surface area contributed by atoms with Crippen molar-refractivity contribution in [3.05, 3.63) is 174 Å². The molecule has 0 heterocycles. The first-order valence-electron chi connectivity index (χ1n) is 29.6. The molecule has 5 rings (SSSR count). The Bertz CT molecular complexity index is 3340. The highest BCUT2D eigenvalue weighted by atomic mass is 16.6. The molecule has 496 valence electrons. The molecule has 24 nitrogen and oxygen atoms in total. The van der Waals surface area contributed by atoms with Gasteiger partial charge in [0.15, 0.2) is 0 Å². The maximum Gasteiger partial charge on any atom is 0.338 e. The van der Waals surface area contributed by atoms with Crippen molar-refractivity contribution in [3.63, 3.8) is 0 Å². The summed E-state index contributed by atoms with van der Waals surface area (Å²) in [4.78, 5) is 69.3. The van der Waals surface area contributed by atoms with Gasteiger partial charge in [0.2, 0.25) is 0 Å². The summed E-state index contributed by atoms with van der Waals surface area (Å²) in [6, 6.07) is 26.4. The zero-order valence-corrected chi connectivity index (χ0v) is 52.7. The van der Waals surface area contributed by atoms with E-state index in [0.717, 1.165) is 0 Å². The summed E-state index contributed by atoms with van der Waals surface area (Å²) < 4.78 is 85.9. The number of benzene rings is 5. The predicted molar refractivity (Wildman–Crippen MR) is 339 cm³/mol. The van der Waals surface area contributed by atoms with Crippen molar-refractivity contribution in [2.24, 2.45) is 4.99 Å². The van der Waals surface area contributed by atoms with Gasteiger partial charge in [0.05, 0.1) is 165 Å². The minimum atomic E-state index is -0.705. The summed E-state index contributed by atoms with van der Waals surface area (Å²) in [7, 11) is 6.31. The smallest absolute Gasteiger partial charge is 0.338 e. The average molecular weight is 1290 g/mol. The van der Waals surface area contributed by atoms with Crippen molar-refractivity contribution in [2.75, 3.05) is 187 Å². The zero-order chi connectivity index (χ0) is 66.4. The molecule has 0 saturated carbocycles. The minimum Gasteiger partial charge on any atom is -0.460 e. The molecule has 5 aromatic rings. The monoisotopic (exact) mass is 1290 g/mol. The van der Waals surface area contributed by atoms with E-state index in [1.807, 2.05) is 0 Å². The number of rotatable bonds is 43. The number of nitrogens with zero attached hydrogens (tertiary/aromatic N) is 2. The molecule has 0 saturated heterocycles. The van der Waals surface area contributed by atoms with E-state index in [9.17, 15) is 29.3 Å². The molecule has 0 unspecified atom stereocenters. The number of hydrogen-bond donors (Lipinski definition) is 0. The molecule has 0 aliphatic carbocycles. The molecule has 0 fully saturated rings. The van der Waals surface area contributed by atoms with Crippen LogP contribution in [0.15, 0.2) is 108 Å². The van der Waals surface area contributed by atoms with E-state index >= 15 is 0 Å². The maximum atomic E-state index is 13.8. The molecule has 0 aliphatic rings. The SMILES string of the molecule is COCCOCCOCCOC(=O)c1cccc(C#Cc2cc(C#Cc3cc(C#Cc4cc(N=Cc5ccc([N+](=O)[O-])cc5)cc(C(=O)OCCOCCOCCOC)c4)cc(C(=O)OCCOCCOCCOC)c3)cc(C(=O)OCCOCCOCCOC)c2)c1. The first kappa shape index (κ1) is 75.0. The summed E-state index contributed by atoms with van der Waals surface area (Å²) in [6.45, 7) is 6.21. The van der Waals surface area contributed by atoms with Gasteiger partial charge in [-0.05, 0) is 90.5 Å². The number of methoxy groups -OCH3 is 4. The zero-order valence-electron chi connectivity index (χ0n) is 52.7. The molecule has 0 atom stereocenters. The van der Waals surface area contributed by atoms with E-state index in [2.05, 4.69) is 40.5 Å². The fourth-order valence-electron chi connectivity index (χ4n) is 7.61. The molecular formula is C69H78N2O22. The Kier molecular flexibility index (Phi) is 37.4. The highest BCUT2D eigenvalue weighted by molar-refractivity contribution is 5.93. The number of carbonyl (C=O) groups is 4. The Morgan fingerprint density at radius 3 is 0.989 bits per heavy atom. The number of esters is 4. The molecule has 5 aromatic carbocycles. The minimum absolute atomic E-state index is 0.0216. The first-order chi connectivity index (χ1) is 45.5. The topological polar surface area (TPSA) is 271 Å². The molecular weight excluding hydrogens is 1210 g/mol. The largest absolute Gasteiger partial charge is 0.460 e. The maximum absolute atomic E-state index is 13.8. The molecule has 24 heteroatoms. The summed E-state index contributed by atoms with van der Waals surface area (Å²) in [5.74, 6) is 15.9. The summed E-state index contributed by atoms with van der Waals surface area (Å²) in [5, 5.41) is 11.3. The Morgan fingerprint density at radius 1 is 0.355 bits per heavy atom. The number of aliphatic imine (C=N–C) groups is 1. The summed E-state index contributed by atoms with van der Waals surface area (Å²) in [5.41, 5.74) is 3.49. The van der Waals surface area contributed by atoms with Crippen LogP contribution in [0, 0.1) is 45.6 Å². The van der Waals surface area contributed by atoms with Crippen LogP contribution in [0.25, 0.3) is 0 Å². The number of nitro groups is 1. The van der Waals surface area contributed by atoms with Gasteiger partial charge in [-0.15, -0.1) is 0 Å². The quantitative estimate of drug-likeness (QED) is 0.00731. The van der Waals surface area contributed by atoms with Crippen LogP contribution in [0.3, 0.4) is 0 Å². The average Bonchev–Trinajstić information content (AvgIpc) is 0.999. The third kappa shape index (κ3) is 31.9. The number of nitro benzene ring substituents is 1. The lowest BCUT2D eigenvalue weighted by molar-refractivity contribution is -0.384. The number of carbonyl (C=O) groups excluding carboxylic acids is 4. The molecule has 93 heavy (non-hydrogen) atoms. The molecule has 0 spiro atoms. The highest BCUT2D eigenvalue weighted by Gasteiger charge is 2.15. The van der Waals surface area contributed by atoms with Gasteiger partial charge < -0.3 is 75.8 Å². The number of hydrogen-bond acceptors (Lipinski definition) is 23. The third-order valence-corrected chi connectivity index (χ3v) is 12.2. The lowest BCUT2D eigenvalue weighted by Gasteiger charge is -2.08. The van der Waals surface area contributed by atoms with Crippen LogP contribution in [0.5, 0.6) is 0 Å². The number of ether oxygens (including phenoxy) is 16. The summed E-state index contributed by atoms with van der Waals surface area (Å²) >= 11 is 0. The van der Waals surface area contributed by atoms with Gasteiger partial charge in [0.25, 0.3) is 5.69 Å². The van der Waals surface area contributed by atoms with E-state index in [1.165, 1.54) is 60.8 Å². The van der Waals surface area contributed by atoms with Crippen LogP contribution < -0.4 is 0 Å². The van der Waals surface area contributed by atoms with Gasteiger partial charge in [-0.2, -0.15) is 0 Å². The van der Waals surface area contributed by atoms with E-state index in [0.29, 0.717) is 131 Å². The van der Waals surface area contributed by atoms with Crippen LogP contribution in [-0.4, -0.2) is 222 Å². The fraction of sp³-hybridized carbons (Fsp3) is 0.406. The Morgan fingerprint density at radius 2 is 0.645 bits per heavy atom. The van der Waals surface area contributed by atoms with Gasteiger partial charge in [-0.3, -0.25) is 15.1 Å². The van der Waals surface area contributed by atoms with Gasteiger partial charge in [-0.25, -0.2) is 19.2 Å². The van der Waals surface area contributed by atoms with Crippen LogP contribution in [0.4, 0.5) is 11.4 Å². The second-order valence-corrected chi connectivity index (χ2v) is 19.2. The fourth-order valence-corrected chi connectivity index (χ4v) is 7.61. The van der Waals surface area contributed by atoms with Crippen molar-refractivity contribution in [1.82, 2.24) is 0 Å². The van der Waals surface area contributed by atoms with Crippen molar-refractivity contribution in [2.45, 2.75) is 0 Å². The van der Waals surface area contributed by atoms with Gasteiger partial charge in [0, 0.05) is 80.2 Å². The van der Waals surface area contributed by atoms with Crippen molar-refractivity contribution < 1.29 is 99.9 Å². The van der Waals surface area contributed by atoms with Crippen LogP contribution in [0.2, 0.25) is 0 Å². The Labute approximate surface area is 541 Å². The van der Waals surface area contributed by atoms with E-state index in [4.69, 9.17) is 75.8 Å². The van der Waals surface area contributed by atoms with Crippen LogP contribution >= 0.6 is 0 Å². The molecule has 0 bridgehead atoms. The normalized spacial score (nSPS) is 10.8. The van der Waals surface area contributed by atoms with Gasteiger partial charge in [-0.1, -0.05) is 41.6 Å². The van der Waals surface area contributed by atoms with Crippen molar-refractivity contribution >= 4 is 41.5 Å². The van der Waals surface area contributed by atoms with E-state index in [-0.39, 0.29) is 101 Å². The van der Waals surface area contributed by atoms with Crippen LogP contribution in [0.1, 0.15) is 80.4 Å². The third-order valence-electron chi connectivity index (χ3n) is 12.2. The van der Waals surface area contributed by atoms with Crippen molar-refractivity contribution in [1.29, 1.82) is 0 Å². The number of non-ortho nitro benzene ring substituents is 1. The van der Waals surface area contributed by atoms with Crippen LogP contribution in [-0.2, 0) is 75.8 Å². The first-order valence-corrected chi connectivity index (χ1v) is 29.6. The summed E-state index contributed by atoms with van der Waals surface area (Å²) in [6.07, 6.45) is 1.48. The van der Waals surface area contributed by atoms with E-state index < -0.39 is 28.8 Å². The Hall–Kier alpha value is -8.75. The van der Waals surface area contributed by atoms with Gasteiger partial charge >= 0.3 is 23.9 Å².